The molecule has 0 atom stereocenters. The van der Waals surface area contributed by atoms with Crippen molar-refractivity contribution in [1.29, 1.82) is 0 Å². The molecule has 2 heterocycles. The zero-order valence-electron chi connectivity index (χ0n) is 22.8. The number of ether oxygens (including phenoxy) is 1. The number of aryl methyl sites for hydroxylation is 2. The molecule has 0 N–H and O–H groups in total. The quantitative estimate of drug-likeness (QED) is 0.317. The number of likely N-dealkylation sites (tertiary alicyclic amines) is 1. The fraction of sp³-hybridized carbons (Fsp3) is 0.419. The van der Waals surface area contributed by atoms with Crippen LogP contribution in [-0.2, 0) is 11.3 Å². The zero-order chi connectivity index (χ0) is 26.7. The summed E-state index contributed by atoms with van der Waals surface area (Å²) >= 11 is 3.57. The van der Waals surface area contributed by atoms with E-state index in [0.717, 1.165) is 29.4 Å². The summed E-state index contributed by atoms with van der Waals surface area (Å²) in [6.07, 6.45) is 5.48. The third-order valence-electron chi connectivity index (χ3n) is 7.12. The van der Waals surface area contributed by atoms with Gasteiger partial charge in [-0.2, -0.15) is 0 Å². The van der Waals surface area contributed by atoms with Gasteiger partial charge in [-0.3, -0.25) is 4.98 Å². The Balaban J connectivity index is 1.56. The van der Waals surface area contributed by atoms with E-state index in [1.807, 2.05) is 38.1 Å². The Morgan fingerprint density at radius 1 is 1.00 bits per heavy atom. The molecule has 0 unspecified atom stereocenters. The molecule has 0 spiro atoms. The second-order valence-electron chi connectivity index (χ2n) is 11.1. The minimum atomic E-state index is -0.482. The van der Waals surface area contributed by atoms with Crippen LogP contribution < -0.4 is 4.90 Å². The van der Waals surface area contributed by atoms with E-state index < -0.39 is 5.60 Å². The normalized spacial score (nSPS) is 14.5. The monoisotopic (exact) mass is 563 g/mol. The number of benzene rings is 2. The van der Waals surface area contributed by atoms with E-state index in [1.54, 1.807) is 0 Å². The molecule has 0 saturated carbocycles. The Bertz CT molecular complexity index is 1220. The summed E-state index contributed by atoms with van der Waals surface area (Å²) in [5.41, 5.74) is 8.14. The summed E-state index contributed by atoms with van der Waals surface area (Å²) in [5.74, 6) is 0. The fourth-order valence-electron chi connectivity index (χ4n) is 4.88. The van der Waals surface area contributed by atoms with Crippen molar-refractivity contribution in [2.24, 2.45) is 0 Å². The largest absolute Gasteiger partial charge is 0.444 e. The molecule has 196 valence electrons. The maximum atomic E-state index is 12.6. The number of carbonyl (C=O) groups is 1. The van der Waals surface area contributed by atoms with Crippen molar-refractivity contribution < 1.29 is 9.53 Å². The van der Waals surface area contributed by atoms with Gasteiger partial charge in [0.2, 0.25) is 0 Å². The Morgan fingerprint density at radius 3 is 2.22 bits per heavy atom. The van der Waals surface area contributed by atoms with Gasteiger partial charge in [-0.1, -0.05) is 28.1 Å². The first kappa shape index (κ1) is 27.2. The number of aromatic nitrogens is 1. The highest BCUT2D eigenvalue weighted by Gasteiger charge is 2.30. The van der Waals surface area contributed by atoms with Gasteiger partial charge >= 0.3 is 6.09 Å². The lowest BCUT2D eigenvalue weighted by atomic mass is 9.96. The van der Waals surface area contributed by atoms with Gasteiger partial charge in [0.1, 0.15) is 5.60 Å². The van der Waals surface area contributed by atoms with Crippen LogP contribution in [0.25, 0.3) is 11.1 Å². The van der Waals surface area contributed by atoms with E-state index in [-0.39, 0.29) is 6.09 Å². The maximum Gasteiger partial charge on any atom is 0.410 e. The first-order valence-corrected chi connectivity index (χ1v) is 13.8. The zero-order valence-corrected chi connectivity index (χ0v) is 24.4. The van der Waals surface area contributed by atoms with E-state index in [2.05, 4.69) is 89.0 Å². The van der Waals surface area contributed by atoms with Crippen LogP contribution in [0.2, 0.25) is 0 Å². The molecule has 2 aromatic carbocycles. The molecule has 1 aromatic heterocycles. The molecular formula is C31H38BrN3O2. The average Bonchev–Trinajstić information content (AvgIpc) is 2.85. The molecule has 1 amide bonds. The van der Waals surface area contributed by atoms with Gasteiger partial charge in [0.15, 0.2) is 0 Å². The average molecular weight is 565 g/mol. The summed E-state index contributed by atoms with van der Waals surface area (Å²) in [5, 5.41) is 0. The Kier molecular flexibility index (Phi) is 8.27. The number of hydrogen-bond donors (Lipinski definition) is 0. The molecule has 5 nitrogen and oxygen atoms in total. The van der Waals surface area contributed by atoms with Crippen molar-refractivity contribution in [2.75, 3.05) is 18.0 Å². The van der Waals surface area contributed by atoms with Crippen LogP contribution in [0, 0.1) is 20.8 Å². The molecule has 1 saturated heterocycles. The first-order chi connectivity index (χ1) is 17.5. The van der Waals surface area contributed by atoms with Crippen molar-refractivity contribution in [3.63, 3.8) is 0 Å². The number of piperidine rings is 1. The smallest absolute Gasteiger partial charge is 0.410 e. The molecule has 0 aliphatic carbocycles. The van der Waals surface area contributed by atoms with Crippen LogP contribution in [0.5, 0.6) is 0 Å². The number of hydrogen-bond acceptors (Lipinski definition) is 4. The number of amides is 1. The summed E-state index contributed by atoms with van der Waals surface area (Å²) in [6, 6.07) is 15.6. The minimum Gasteiger partial charge on any atom is -0.444 e. The van der Waals surface area contributed by atoms with Crippen LogP contribution in [0.3, 0.4) is 0 Å². The molecule has 1 aliphatic rings. The van der Waals surface area contributed by atoms with Gasteiger partial charge in [0.05, 0.1) is 0 Å². The number of halogens is 1. The summed E-state index contributed by atoms with van der Waals surface area (Å²) in [6.45, 7) is 14.4. The first-order valence-electron chi connectivity index (χ1n) is 13.0. The topological polar surface area (TPSA) is 45.7 Å². The Morgan fingerprint density at radius 2 is 1.62 bits per heavy atom. The van der Waals surface area contributed by atoms with Crippen LogP contribution in [-0.4, -0.2) is 40.7 Å². The lowest BCUT2D eigenvalue weighted by Crippen LogP contribution is -2.48. The molecular weight excluding hydrogens is 526 g/mol. The van der Waals surface area contributed by atoms with E-state index >= 15 is 0 Å². The van der Waals surface area contributed by atoms with Crippen molar-refractivity contribution in [1.82, 2.24) is 9.88 Å². The molecule has 4 rings (SSSR count). The molecule has 6 heteroatoms. The lowest BCUT2D eigenvalue weighted by molar-refractivity contribution is 0.0204. The van der Waals surface area contributed by atoms with E-state index in [9.17, 15) is 4.79 Å². The predicted molar refractivity (Wildman–Crippen MR) is 155 cm³/mol. The second kappa shape index (κ2) is 11.3. The lowest BCUT2D eigenvalue weighted by Gasteiger charge is -2.40. The third kappa shape index (κ3) is 6.92. The van der Waals surface area contributed by atoms with Gasteiger partial charge in [-0.15, -0.1) is 0 Å². The van der Waals surface area contributed by atoms with Gasteiger partial charge in [0.25, 0.3) is 0 Å². The predicted octanol–water partition coefficient (Wildman–Crippen LogP) is 7.84. The van der Waals surface area contributed by atoms with E-state index in [0.29, 0.717) is 19.1 Å². The third-order valence-corrected chi connectivity index (χ3v) is 7.65. The fourth-order valence-corrected chi connectivity index (χ4v) is 5.15. The van der Waals surface area contributed by atoms with Crippen LogP contribution in [0.1, 0.15) is 55.9 Å². The maximum absolute atomic E-state index is 12.6. The number of anilines is 1. The number of pyridine rings is 1. The Hall–Kier alpha value is -2.86. The van der Waals surface area contributed by atoms with Gasteiger partial charge < -0.3 is 14.5 Å². The SMILES string of the molecule is Cc1cc(-c2cncc(CN(c3ccc(Br)cc3)C3CCN(C(=O)OC(C)(C)C)CC3)c2)cc(C)c1C. The summed E-state index contributed by atoms with van der Waals surface area (Å²) in [4.78, 5) is 21.5. The number of nitrogens with zero attached hydrogens (tertiary/aromatic N) is 3. The Labute approximate surface area is 230 Å². The van der Waals surface area contributed by atoms with Gasteiger partial charge in [0, 0.05) is 53.8 Å². The van der Waals surface area contributed by atoms with Crippen LogP contribution >= 0.6 is 15.9 Å². The van der Waals surface area contributed by atoms with Crippen LogP contribution in [0.4, 0.5) is 10.5 Å². The van der Waals surface area contributed by atoms with Gasteiger partial charge in [-0.25, -0.2) is 4.79 Å². The van der Waals surface area contributed by atoms with E-state index in [4.69, 9.17) is 4.74 Å². The van der Waals surface area contributed by atoms with Gasteiger partial charge in [-0.05, 0) is 113 Å². The van der Waals surface area contributed by atoms with Crippen molar-refractivity contribution >= 4 is 27.7 Å². The number of rotatable bonds is 5. The van der Waals surface area contributed by atoms with Crippen molar-refractivity contribution in [3.05, 3.63) is 81.6 Å². The summed E-state index contributed by atoms with van der Waals surface area (Å²) < 4.78 is 6.67. The molecule has 3 aromatic rings. The minimum absolute atomic E-state index is 0.221. The molecule has 37 heavy (non-hydrogen) atoms. The second-order valence-corrected chi connectivity index (χ2v) is 12.0. The molecule has 1 aliphatic heterocycles. The highest BCUT2D eigenvalue weighted by atomic mass is 79.9. The molecule has 1 fully saturated rings. The standard InChI is InChI=1S/C31H38BrN3O2/c1-21-15-25(16-22(2)23(21)3)26-17-24(18-33-19-26)20-35(28-9-7-27(32)8-10-28)29-11-13-34(14-12-29)30(36)37-31(4,5)6/h7-10,15-19,29H,11-14,20H2,1-6H3. The van der Waals surface area contributed by atoms with Crippen molar-refractivity contribution in [3.8, 4) is 11.1 Å². The van der Waals surface area contributed by atoms with E-state index in [1.165, 1.54) is 33.5 Å². The molecule has 0 bridgehead atoms. The summed E-state index contributed by atoms with van der Waals surface area (Å²) in [7, 11) is 0. The van der Waals surface area contributed by atoms with Crippen molar-refractivity contribution in [2.45, 2.75) is 72.6 Å². The molecule has 0 radical (unpaired) electrons. The highest BCUT2D eigenvalue weighted by Crippen LogP contribution is 2.30. The number of carbonyl (C=O) groups excluding carboxylic acids is 1. The highest BCUT2D eigenvalue weighted by molar-refractivity contribution is 9.10. The van der Waals surface area contributed by atoms with Crippen LogP contribution in [0.15, 0.2) is 59.3 Å².